The third-order valence-corrected chi connectivity index (χ3v) is 3.10. The molecule has 0 amide bonds. The van der Waals surface area contributed by atoms with E-state index in [0.29, 0.717) is 10.2 Å². The minimum Gasteiger partial charge on any atom is -0.381 e. The van der Waals surface area contributed by atoms with Crippen LogP contribution in [0.2, 0.25) is 0 Å². The summed E-state index contributed by atoms with van der Waals surface area (Å²) in [4.78, 5) is 0. The molecular formula is C10H8BrF3N4. The molecule has 2 N–H and O–H groups in total. The number of hydrogen-bond acceptors (Lipinski definition) is 3. The fourth-order valence-corrected chi connectivity index (χ4v) is 1.84. The Hall–Kier alpha value is -1.57. The molecule has 0 unspecified atom stereocenters. The molecule has 0 spiro atoms. The molecular weight excluding hydrogens is 313 g/mol. The van der Waals surface area contributed by atoms with E-state index in [1.165, 1.54) is 10.7 Å². The van der Waals surface area contributed by atoms with Crippen molar-refractivity contribution >= 4 is 21.7 Å². The summed E-state index contributed by atoms with van der Waals surface area (Å²) in [5.74, 6) is 0.180. The number of nitrogen functional groups attached to an aromatic ring is 1. The Bertz CT molecular complexity index is 591. The molecule has 2 rings (SSSR count). The van der Waals surface area contributed by atoms with Crippen LogP contribution in [-0.2, 0) is 6.18 Å². The molecule has 18 heavy (non-hydrogen) atoms. The molecule has 0 atom stereocenters. The molecule has 0 saturated carbocycles. The topological polar surface area (TPSA) is 56.7 Å². The van der Waals surface area contributed by atoms with E-state index in [9.17, 15) is 13.2 Å². The van der Waals surface area contributed by atoms with E-state index >= 15 is 0 Å². The van der Waals surface area contributed by atoms with Crippen LogP contribution in [0.4, 0.5) is 19.0 Å². The molecule has 0 fully saturated rings. The number of nitrogens with two attached hydrogens (primary N) is 1. The van der Waals surface area contributed by atoms with Gasteiger partial charge in [0.15, 0.2) is 5.82 Å². The number of nitrogens with zero attached hydrogens (tertiary/aromatic N) is 3. The SMILES string of the molecule is Cc1c(N)nnn1-c1cc(C(F)(F)F)ccc1Br. The standard InChI is InChI=1S/C10H8BrF3N4/c1-5-9(15)16-17-18(5)8-4-6(10(12,13)14)2-3-7(8)11/h2-4H,15H2,1H3. The monoisotopic (exact) mass is 320 g/mol. The van der Waals surface area contributed by atoms with Crippen LogP contribution in [0.1, 0.15) is 11.3 Å². The van der Waals surface area contributed by atoms with Gasteiger partial charge in [0.2, 0.25) is 0 Å². The number of benzene rings is 1. The molecule has 0 aliphatic heterocycles. The van der Waals surface area contributed by atoms with Gasteiger partial charge in [-0.25, -0.2) is 4.68 Å². The minimum absolute atomic E-state index is 0.180. The summed E-state index contributed by atoms with van der Waals surface area (Å²) in [6.45, 7) is 1.63. The van der Waals surface area contributed by atoms with Crippen LogP contribution >= 0.6 is 15.9 Å². The molecule has 1 aromatic heterocycles. The summed E-state index contributed by atoms with van der Waals surface area (Å²) in [6.07, 6.45) is -4.41. The van der Waals surface area contributed by atoms with Crippen molar-refractivity contribution in [2.45, 2.75) is 13.1 Å². The van der Waals surface area contributed by atoms with E-state index in [2.05, 4.69) is 26.2 Å². The number of anilines is 1. The summed E-state index contributed by atoms with van der Waals surface area (Å²) in [6, 6.07) is 3.30. The van der Waals surface area contributed by atoms with Crippen LogP contribution in [0, 0.1) is 6.92 Å². The molecule has 1 heterocycles. The maximum Gasteiger partial charge on any atom is 0.416 e. The molecule has 8 heteroatoms. The molecule has 0 bridgehead atoms. The van der Waals surface area contributed by atoms with Gasteiger partial charge in [-0.15, -0.1) is 5.10 Å². The maximum absolute atomic E-state index is 12.6. The molecule has 0 aliphatic carbocycles. The van der Waals surface area contributed by atoms with E-state index < -0.39 is 11.7 Å². The van der Waals surface area contributed by atoms with Crippen LogP contribution < -0.4 is 5.73 Å². The van der Waals surface area contributed by atoms with Crippen LogP contribution in [0.15, 0.2) is 22.7 Å². The molecule has 96 valence electrons. The van der Waals surface area contributed by atoms with Gasteiger partial charge in [0, 0.05) is 4.47 Å². The average Bonchev–Trinajstić information content (AvgIpc) is 2.59. The van der Waals surface area contributed by atoms with Crippen LogP contribution in [0.25, 0.3) is 5.69 Å². The summed E-state index contributed by atoms with van der Waals surface area (Å²) in [5, 5.41) is 7.33. The number of hydrogen-bond donors (Lipinski definition) is 1. The molecule has 4 nitrogen and oxygen atoms in total. The third kappa shape index (κ3) is 2.20. The molecule has 1 aromatic carbocycles. The van der Waals surface area contributed by atoms with E-state index in [-0.39, 0.29) is 11.5 Å². The van der Waals surface area contributed by atoms with Crippen molar-refractivity contribution < 1.29 is 13.2 Å². The first-order chi connectivity index (χ1) is 8.30. The quantitative estimate of drug-likeness (QED) is 0.879. The van der Waals surface area contributed by atoms with Crippen molar-refractivity contribution in [3.63, 3.8) is 0 Å². The van der Waals surface area contributed by atoms with Gasteiger partial charge in [-0.05, 0) is 41.1 Å². The lowest BCUT2D eigenvalue weighted by Gasteiger charge is -2.11. The molecule has 0 radical (unpaired) electrons. The highest BCUT2D eigenvalue weighted by Gasteiger charge is 2.31. The fraction of sp³-hybridized carbons (Fsp3) is 0.200. The highest BCUT2D eigenvalue weighted by Crippen LogP contribution is 2.33. The summed E-state index contributed by atoms with van der Waals surface area (Å²) >= 11 is 3.18. The third-order valence-electron chi connectivity index (χ3n) is 2.43. The molecule has 0 aliphatic rings. The lowest BCUT2D eigenvalue weighted by Crippen LogP contribution is -2.08. The van der Waals surface area contributed by atoms with Crippen molar-refractivity contribution in [3.05, 3.63) is 33.9 Å². The second-order valence-corrected chi connectivity index (χ2v) is 4.49. The summed E-state index contributed by atoms with van der Waals surface area (Å²) < 4.78 is 39.6. The Kier molecular flexibility index (Phi) is 3.05. The normalized spacial score (nSPS) is 11.8. The van der Waals surface area contributed by atoms with Crippen molar-refractivity contribution in [2.75, 3.05) is 5.73 Å². The number of rotatable bonds is 1. The lowest BCUT2D eigenvalue weighted by molar-refractivity contribution is -0.137. The van der Waals surface area contributed by atoms with Crippen molar-refractivity contribution in [1.29, 1.82) is 0 Å². The van der Waals surface area contributed by atoms with Crippen LogP contribution in [-0.4, -0.2) is 15.0 Å². The van der Waals surface area contributed by atoms with Gasteiger partial charge in [-0.3, -0.25) is 0 Å². The molecule has 2 aromatic rings. The zero-order valence-corrected chi connectivity index (χ0v) is 10.7. The Labute approximate surface area is 109 Å². The number of halogens is 4. The Morgan fingerprint density at radius 2 is 2.00 bits per heavy atom. The zero-order chi connectivity index (χ0) is 13.5. The predicted octanol–water partition coefficient (Wildman–Crippen LogP) is 2.94. The van der Waals surface area contributed by atoms with Crippen molar-refractivity contribution in [1.82, 2.24) is 15.0 Å². The maximum atomic E-state index is 12.6. The first-order valence-electron chi connectivity index (χ1n) is 4.85. The Morgan fingerprint density at radius 3 is 2.50 bits per heavy atom. The highest BCUT2D eigenvalue weighted by atomic mass is 79.9. The number of aromatic nitrogens is 3. The van der Waals surface area contributed by atoms with Crippen LogP contribution in [0.3, 0.4) is 0 Å². The zero-order valence-electron chi connectivity index (χ0n) is 9.16. The van der Waals surface area contributed by atoms with Crippen molar-refractivity contribution in [2.24, 2.45) is 0 Å². The second-order valence-electron chi connectivity index (χ2n) is 3.64. The summed E-state index contributed by atoms with van der Waals surface area (Å²) in [7, 11) is 0. The Morgan fingerprint density at radius 1 is 1.33 bits per heavy atom. The number of alkyl halides is 3. The lowest BCUT2D eigenvalue weighted by atomic mass is 10.2. The van der Waals surface area contributed by atoms with Crippen molar-refractivity contribution in [3.8, 4) is 5.69 Å². The largest absolute Gasteiger partial charge is 0.416 e. The van der Waals surface area contributed by atoms with E-state index in [0.717, 1.165) is 12.1 Å². The smallest absolute Gasteiger partial charge is 0.381 e. The second kappa shape index (κ2) is 4.27. The van der Waals surface area contributed by atoms with Gasteiger partial charge in [-0.2, -0.15) is 13.2 Å². The van der Waals surface area contributed by atoms with Crippen LogP contribution in [0.5, 0.6) is 0 Å². The van der Waals surface area contributed by atoms with Gasteiger partial charge >= 0.3 is 6.18 Å². The summed E-state index contributed by atoms with van der Waals surface area (Å²) in [5.41, 5.74) is 5.49. The van der Waals surface area contributed by atoms with Gasteiger partial charge < -0.3 is 5.73 Å². The first-order valence-corrected chi connectivity index (χ1v) is 5.65. The van der Waals surface area contributed by atoms with E-state index in [1.54, 1.807) is 6.92 Å². The highest BCUT2D eigenvalue weighted by molar-refractivity contribution is 9.10. The van der Waals surface area contributed by atoms with Gasteiger partial charge in [-0.1, -0.05) is 5.21 Å². The van der Waals surface area contributed by atoms with E-state index in [1.807, 2.05) is 0 Å². The average molecular weight is 321 g/mol. The first kappa shape index (κ1) is 12.9. The van der Waals surface area contributed by atoms with Gasteiger partial charge in [0.05, 0.1) is 16.9 Å². The minimum atomic E-state index is -4.41. The molecule has 0 saturated heterocycles. The fourth-order valence-electron chi connectivity index (χ4n) is 1.42. The Balaban J connectivity index is 2.61. The predicted molar refractivity (Wildman–Crippen MR) is 63.2 cm³/mol. The van der Waals surface area contributed by atoms with E-state index in [4.69, 9.17) is 5.73 Å². The van der Waals surface area contributed by atoms with Gasteiger partial charge in [0.1, 0.15) is 0 Å². The van der Waals surface area contributed by atoms with Gasteiger partial charge in [0.25, 0.3) is 0 Å².